The second-order valence-electron chi connectivity index (χ2n) is 15.3. The molecule has 262 valence electrons. The molecule has 0 aliphatic rings. The minimum atomic E-state index is -1.02. The second kappa shape index (κ2) is 12.0. The topological polar surface area (TPSA) is 60.7 Å². The van der Waals surface area contributed by atoms with Crippen molar-refractivity contribution in [1.82, 2.24) is 4.57 Å². The van der Waals surface area contributed by atoms with Crippen molar-refractivity contribution < 1.29 is 18.6 Å². The number of furan rings is 2. The Morgan fingerprint density at radius 1 is 0.519 bits per heavy atom. The first-order valence-electron chi connectivity index (χ1n) is 18.5. The van der Waals surface area contributed by atoms with Crippen LogP contribution in [0.25, 0.3) is 93.6 Å². The lowest BCUT2D eigenvalue weighted by atomic mass is 9.81. The molecule has 0 amide bonds. The van der Waals surface area contributed by atoms with Gasteiger partial charge >= 0.3 is 7.48 Å². The maximum Gasteiger partial charge on any atom is 0.311 e. The molecule has 54 heavy (non-hydrogen) atoms. The van der Waals surface area contributed by atoms with Crippen LogP contribution in [-0.2, 0) is 4.65 Å². The molecule has 6 heteroatoms. The molecule has 0 unspecified atom stereocenters. The molecule has 0 saturated heterocycles. The number of fused-ring (bicyclic) bond motifs is 9. The highest BCUT2D eigenvalue weighted by molar-refractivity contribution is 6.49. The number of aromatic nitrogens is 1. The lowest BCUT2D eigenvalue weighted by Gasteiger charge is -2.37. The molecule has 0 aliphatic carbocycles. The zero-order valence-electron chi connectivity index (χ0n) is 30.7. The Balaban J connectivity index is 1.21. The molecule has 10 aromatic rings. The normalized spacial score (nSPS) is 12.6. The monoisotopic (exact) mass is 703 g/mol. The summed E-state index contributed by atoms with van der Waals surface area (Å²) in [6, 6.07) is 51.1. The van der Waals surface area contributed by atoms with Crippen LogP contribution in [0.3, 0.4) is 0 Å². The van der Waals surface area contributed by atoms with Crippen molar-refractivity contribution in [3.8, 4) is 27.9 Å². The van der Waals surface area contributed by atoms with Gasteiger partial charge in [0.05, 0.1) is 22.2 Å². The highest BCUT2D eigenvalue weighted by Crippen LogP contribution is 2.42. The van der Waals surface area contributed by atoms with Gasteiger partial charge in [-0.25, -0.2) is 0 Å². The maximum atomic E-state index is 10.9. The fourth-order valence-electron chi connectivity index (χ4n) is 7.85. The Morgan fingerprint density at radius 2 is 1.00 bits per heavy atom. The molecule has 0 bridgehead atoms. The molecule has 7 aromatic carbocycles. The molecule has 0 spiro atoms. The van der Waals surface area contributed by atoms with Crippen LogP contribution in [0, 0.1) is 0 Å². The van der Waals surface area contributed by atoms with Crippen molar-refractivity contribution in [3.63, 3.8) is 0 Å². The van der Waals surface area contributed by atoms with Crippen LogP contribution in [0.15, 0.2) is 154 Å². The number of hydrogen-bond acceptors (Lipinski definition) is 4. The summed E-state index contributed by atoms with van der Waals surface area (Å²) in [5.41, 5.74) is 10.2. The lowest BCUT2D eigenvalue weighted by molar-refractivity contribution is -0.0893. The van der Waals surface area contributed by atoms with Gasteiger partial charge in [-0.1, -0.05) is 103 Å². The zero-order valence-corrected chi connectivity index (χ0v) is 30.7. The molecule has 1 N–H and O–H groups in total. The van der Waals surface area contributed by atoms with E-state index in [0.717, 1.165) is 99.1 Å². The second-order valence-corrected chi connectivity index (χ2v) is 15.3. The molecule has 0 aliphatic heterocycles. The number of para-hydroxylation sites is 5. The van der Waals surface area contributed by atoms with Crippen molar-refractivity contribution in [2.75, 3.05) is 0 Å². The van der Waals surface area contributed by atoms with Crippen molar-refractivity contribution in [3.05, 3.63) is 146 Å². The molecular weight excluding hydrogens is 665 g/mol. The number of nitrogens with zero attached hydrogens (tertiary/aromatic N) is 1. The molecule has 3 heterocycles. The van der Waals surface area contributed by atoms with Gasteiger partial charge in [0.15, 0.2) is 0 Å². The number of benzene rings is 7. The molecular formula is C48H38BNO4. The van der Waals surface area contributed by atoms with Crippen LogP contribution in [-0.4, -0.2) is 28.4 Å². The summed E-state index contributed by atoms with van der Waals surface area (Å²) in [6.45, 7) is 7.45. The quantitative estimate of drug-likeness (QED) is 0.168. The zero-order chi connectivity index (χ0) is 36.8. The average molecular weight is 704 g/mol. The van der Waals surface area contributed by atoms with Gasteiger partial charge in [0.1, 0.15) is 22.3 Å². The van der Waals surface area contributed by atoms with E-state index < -0.39 is 11.2 Å². The minimum absolute atomic E-state index is 0.340. The van der Waals surface area contributed by atoms with Crippen molar-refractivity contribution in [2.45, 2.75) is 38.9 Å². The van der Waals surface area contributed by atoms with Gasteiger partial charge < -0.3 is 23.2 Å². The summed E-state index contributed by atoms with van der Waals surface area (Å²) in [5, 5.41) is 17.6. The van der Waals surface area contributed by atoms with E-state index in [-0.39, 0.29) is 0 Å². The van der Waals surface area contributed by atoms with E-state index in [1.54, 1.807) is 13.8 Å². The van der Waals surface area contributed by atoms with Crippen LogP contribution in [0.2, 0.25) is 0 Å². The number of hydrogen-bond donors (Lipinski definition) is 1. The smallest absolute Gasteiger partial charge is 0.311 e. The summed E-state index contributed by atoms with van der Waals surface area (Å²) >= 11 is 0. The third kappa shape index (κ3) is 5.02. The van der Waals surface area contributed by atoms with Crippen LogP contribution >= 0.6 is 0 Å². The fraction of sp³-hybridized carbons (Fsp3) is 0.125. The Morgan fingerprint density at radius 3 is 1.54 bits per heavy atom. The van der Waals surface area contributed by atoms with Gasteiger partial charge in [-0.15, -0.1) is 0 Å². The number of aliphatic hydroxyl groups is 1. The van der Waals surface area contributed by atoms with Gasteiger partial charge in [0, 0.05) is 49.1 Å². The first kappa shape index (κ1) is 32.6. The first-order chi connectivity index (χ1) is 26.2. The van der Waals surface area contributed by atoms with E-state index in [1.165, 1.54) is 0 Å². The molecule has 0 fully saturated rings. The van der Waals surface area contributed by atoms with E-state index in [2.05, 4.69) is 120 Å². The molecule has 10 rings (SSSR count). The Hall–Kier alpha value is -6.08. The van der Waals surface area contributed by atoms with Crippen molar-refractivity contribution >= 4 is 78.6 Å². The van der Waals surface area contributed by atoms with Crippen LogP contribution in [0.1, 0.15) is 27.7 Å². The van der Waals surface area contributed by atoms with E-state index >= 15 is 0 Å². The van der Waals surface area contributed by atoms with Gasteiger partial charge in [-0.05, 0) is 86.7 Å². The molecule has 5 nitrogen and oxygen atoms in total. The highest BCUT2D eigenvalue weighted by atomic mass is 16.5. The van der Waals surface area contributed by atoms with E-state index in [1.807, 2.05) is 44.2 Å². The molecule has 0 radical (unpaired) electrons. The number of rotatable bonds is 7. The summed E-state index contributed by atoms with van der Waals surface area (Å²) in [5.74, 6) is 0. The summed E-state index contributed by atoms with van der Waals surface area (Å²) in [4.78, 5) is 0. The van der Waals surface area contributed by atoms with Crippen LogP contribution < -0.4 is 5.46 Å². The third-order valence-electron chi connectivity index (χ3n) is 11.5. The Kier molecular flexibility index (Phi) is 7.22. The fourth-order valence-corrected chi connectivity index (χ4v) is 7.85. The SMILES string of the molecule is CC(C)(O)C(C)(C)OBc1ccccc1-n1c2ccc(-c3cccc4c3oc3ccccc34)cc2c2cc(-c3cccc4c3oc3ccccc34)ccc21. The largest absolute Gasteiger partial charge is 0.455 e. The predicted molar refractivity (Wildman–Crippen MR) is 224 cm³/mol. The average Bonchev–Trinajstić information content (AvgIpc) is 3.86. The Labute approximate surface area is 313 Å². The molecule has 0 atom stereocenters. The first-order valence-corrected chi connectivity index (χ1v) is 18.5. The highest BCUT2D eigenvalue weighted by Gasteiger charge is 2.36. The summed E-state index contributed by atoms with van der Waals surface area (Å²) < 4.78 is 21.8. The van der Waals surface area contributed by atoms with Gasteiger partial charge in [-0.2, -0.15) is 0 Å². The van der Waals surface area contributed by atoms with Crippen LogP contribution in [0.5, 0.6) is 0 Å². The third-order valence-corrected chi connectivity index (χ3v) is 11.5. The van der Waals surface area contributed by atoms with Crippen LogP contribution in [0.4, 0.5) is 0 Å². The van der Waals surface area contributed by atoms with E-state index in [9.17, 15) is 5.11 Å². The van der Waals surface area contributed by atoms with Gasteiger partial charge in [0.25, 0.3) is 0 Å². The molecule has 0 saturated carbocycles. The lowest BCUT2D eigenvalue weighted by Crippen LogP contribution is -2.49. The summed E-state index contributed by atoms with van der Waals surface area (Å²) in [6.07, 6.45) is 0. The van der Waals surface area contributed by atoms with E-state index in [4.69, 9.17) is 13.5 Å². The predicted octanol–water partition coefficient (Wildman–Crippen LogP) is 11.5. The standard InChI is InChI=1S/C48H38BNO4/c1-47(2,51)48(3,4)54-49-39-19-7-8-20-42(39)50-40-25-23-29(31-15-11-17-35-33-13-5-9-21-43(33)52-45(31)35)27-37(40)38-28-30(24-26-41(38)50)32-16-12-18-36-34-14-6-10-22-44(34)53-46(32)36/h5-28,49,51H,1-4H3. The summed E-state index contributed by atoms with van der Waals surface area (Å²) in [7, 11) is 0.340. The van der Waals surface area contributed by atoms with Gasteiger partial charge in [-0.3, -0.25) is 0 Å². The Bertz CT molecular complexity index is 2910. The van der Waals surface area contributed by atoms with Crippen molar-refractivity contribution in [2.24, 2.45) is 0 Å². The van der Waals surface area contributed by atoms with Gasteiger partial charge in [0.2, 0.25) is 0 Å². The van der Waals surface area contributed by atoms with Crippen molar-refractivity contribution in [1.29, 1.82) is 0 Å². The van der Waals surface area contributed by atoms with E-state index in [0.29, 0.717) is 7.48 Å². The molecule has 3 aromatic heterocycles. The maximum absolute atomic E-state index is 10.9. The minimum Gasteiger partial charge on any atom is -0.455 e.